The van der Waals surface area contributed by atoms with Crippen molar-refractivity contribution in [3.8, 4) is 5.75 Å². The summed E-state index contributed by atoms with van der Waals surface area (Å²) in [5.74, 6) is 1.51. The lowest BCUT2D eigenvalue weighted by Crippen LogP contribution is -2.19. The van der Waals surface area contributed by atoms with Crippen molar-refractivity contribution >= 4 is 5.84 Å². The second-order valence-corrected chi connectivity index (χ2v) is 5.29. The zero-order valence-corrected chi connectivity index (χ0v) is 12.1. The maximum absolute atomic E-state index is 8.81. The van der Waals surface area contributed by atoms with Crippen molar-refractivity contribution in [2.24, 2.45) is 16.8 Å². The van der Waals surface area contributed by atoms with Gasteiger partial charge in [0.1, 0.15) is 5.75 Å². The molecular weight excluding hydrogens is 254 g/mol. The molecule has 20 heavy (non-hydrogen) atoms. The number of rotatable bonds is 7. The van der Waals surface area contributed by atoms with Crippen molar-refractivity contribution in [1.82, 2.24) is 5.32 Å². The van der Waals surface area contributed by atoms with E-state index in [1.54, 1.807) is 7.11 Å². The van der Waals surface area contributed by atoms with Gasteiger partial charge in [0, 0.05) is 12.6 Å². The molecule has 0 amide bonds. The van der Waals surface area contributed by atoms with Gasteiger partial charge in [-0.2, -0.15) is 0 Å². The number of nitrogens with two attached hydrogens (primary N) is 1. The van der Waals surface area contributed by atoms with Gasteiger partial charge in [0.05, 0.1) is 12.7 Å². The van der Waals surface area contributed by atoms with Gasteiger partial charge in [-0.15, -0.1) is 0 Å². The highest BCUT2D eigenvalue weighted by molar-refractivity contribution is 5.99. The standard InChI is InChI=1S/C15H23N3O2/c1-3-4-11-8-13(11)17-9-10-5-6-14(20-2)12(7-10)15(16)18-19/h5-7,11,13,17,19H,3-4,8-9H2,1-2H3,(H2,16,18). The van der Waals surface area contributed by atoms with Crippen LogP contribution in [0.5, 0.6) is 5.75 Å². The summed E-state index contributed by atoms with van der Waals surface area (Å²) in [5, 5.41) is 15.4. The summed E-state index contributed by atoms with van der Waals surface area (Å²) in [4.78, 5) is 0. The Hall–Kier alpha value is -1.75. The lowest BCUT2D eigenvalue weighted by atomic mass is 10.1. The van der Waals surface area contributed by atoms with Gasteiger partial charge in [0.15, 0.2) is 5.84 Å². The minimum atomic E-state index is 0.0685. The molecule has 0 heterocycles. The highest BCUT2D eigenvalue weighted by Gasteiger charge is 2.35. The zero-order valence-electron chi connectivity index (χ0n) is 12.1. The Morgan fingerprint density at radius 3 is 3.00 bits per heavy atom. The topological polar surface area (TPSA) is 79.9 Å². The number of amidine groups is 1. The fraction of sp³-hybridized carbons (Fsp3) is 0.533. The second kappa shape index (κ2) is 6.61. The third kappa shape index (κ3) is 3.42. The summed E-state index contributed by atoms with van der Waals surface area (Å²) >= 11 is 0. The number of ether oxygens (including phenoxy) is 1. The number of oxime groups is 1. The second-order valence-electron chi connectivity index (χ2n) is 5.29. The van der Waals surface area contributed by atoms with Crippen molar-refractivity contribution in [2.45, 2.75) is 38.8 Å². The lowest BCUT2D eigenvalue weighted by Gasteiger charge is -2.10. The molecule has 4 N–H and O–H groups in total. The Morgan fingerprint density at radius 2 is 2.35 bits per heavy atom. The van der Waals surface area contributed by atoms with E-state index in [9.17, 15) is 0 Å². The van der Waals surface area contributed by atoms with Gasteiger partial charge in [-0.25, -0.2) is 0 Å². The molecule has 2 unspecified atom stereocenters. The van der Waals surface area contributed by atoms with Crippen molar-refractivity contribution in [2.75, 3.05) is 7.11 Å². The molecule has 1 aromatic carbocycles. The quantitative estimate of drug-likeness (QED) is 0.308. The van der Waals surface area contributed by atoms with Crippen LogP contribution in [0.15, 0.2) is 23.4 Å². The fourth-order valence-corrected chi connectivity index (χ4v) is 2.56. The Morgan fingerprint density at radius 1 is 1.55 bits per heavy atom. The molecule has 1 fully saturated rings. The molecule has 0 bridgehead atoms. The number of hydrogen-bond acceptors (Lipinski definition) is 4. The molecule has 1 aliphatic rings. The summed E-state index contributed by atoms with van der Waals surface area (Å²) in [5.41, 5.74) is 7.40. The molecular formula is C15H23N3O2. The SMILES string of the molecule is CCCC1CC1NCc1ccc(OC)c(/C(N)=N/O)c1. The van der Waals surface area contributed by atoms with E-state index >= 15 is 0 Å². The first-order valence-electron chi connectivity index (χ1n) is 7.07. The van der Waals surface area contributed by atoms with Crippen molar-refractivity contribution in [1.29, 1.82) is 0 Å². The average Bonchev–Trinajstić information content (AvgIpc) is 3.22. The van der Waals surface area contributed by atoms with Gasteiger partial charge < -0.3 is 21.0 Å². The predicted molar refractivity (Wildman–Crippen MR) is 79.1 cm³/mol. The van der Waals surface area contributed by atoms with Crippen LogP contribution in [-0.2, 0) is 6.54 Å². The molecule has 0 radical (unpaired) electrons. The van der Waals surface area contributed by atoms with E-state index < -0.39 is 0 Å². The van der Waals surface area contributed by atoms with Crippen LogP contribution < -0.4 is 15.8 Å². The predicted octanol–water partition coefficient (Wildman–Crippen LogP) is 2.07. The van der Waals surface area contributed by atoms with Gasteiger partial charge in [-0.3, -0.25) is 0 Å². The fourth-order valence-electron chi connectivity index (χ4n) is 2.56. The highest BCUT2D eigenvalue weighted by Crippen LogP contribution is 2.34. The Kier molecular flexibility index (Phi) is 4.84. The molecule has 1 aliphatic carbocycles. The van der Waals surface area contributed by atoms with Crippen molar-refractivity contribution in [3.63, 3.8) is 0 Å². The normalized spacial score (nSPS) is 21.8. The van der Waals surface area contributed by atoms with E-state index in [1.807, 2.05) is 18.2 Å². The molecule has 2 rings (SSSR count). The van der Waals surface area contributed by atoms with E-state index in [4.69, 9.17) is 15.7 Å². The Bertz CT molecular complexity index is 488. The maximum atomic E-state index is 8.81. The maximum Gasteiger partial charge on any atom is 0.173 e. The van der Waals surface area contributed by atoms with E-state index in [0.717, 1.165) is 18.0 Å². The van der Waals surface area contributed by atoms with Crippen LogP contribution in [0.3, 0.4) is 0 Å². The van der Waals surface area contributed by atoms with Crippen molar-refractivity contribution in [3.05, 3.63) is 29.3 Å². The first-order valence-corrected chi connectivity index (χ1v) is 7.07. The summed E-state index contributed by atoms with van der Waals surface area (Å²) in [6.45, 7) is 3.02. The third-order valence-corrected chi connectivity index (χ3v) is 3.80. The molecule has 5 nitrogen and oxygen atoms in total. The average molecular weight is 277 g/mol. The number of methoxy groups -OCH3 is 1. The molecule has 0 aliphatic heterocycles. The summed E-state index contributed by atoms with van der Waals surface area (Å²) in [6.07, 6.45) is 3.83. The van der Waals surface area contributed by atoms with Crippen LogP contribution >= 0.6 is 0 Å². The number of hydrogen-bond donors (Lipinski definition) is 3. The first kappa shape index (κ1) is 14.7. The smallest absolute Gasteiger partial charge is 0.173 e. The Balaban J connectivity index is 1.99. The summed E-state index contributed by atoms with van der Waals surface area (Å²) in [7, 11) is 1.57. The molecule has 110 valence electrons. The zero-order chi connectivity index (χ0) is 14.5. The van der Waals surface area contributed by atoms with Crippen LogP contribution in [0.1, 0.15) is 37.3 Å². The molecule has 0 aromatic heterocycles. The largest absolute Gasteiger partial charge is 0.496 e. The Labute approximate surface area is 119 Å². The van der Waals surface area contributed by atoms with Gasteiger partial charge in [0.2, 0.25) is 0 Å². The number of nitrogens with zero attached hydrogens (tertiary/aromatic N) is 1. The molecule has 5 heteroatoms. The van der Waals surface area contributed by atoms with E-state index in [0.29, 0.717) is 17.4 Å². The minimum absolute atomic E-state index is 0.0685. The van der Waals surface area contributed by atoms with Gasteiger partial charge >= 0.3 is 0 Å². The minimum Gasteiger partial charge on any atom is -0.496 e. The molecule has 0 saturated heterocycles. The van der Waals surface area contributed by atoms with Gasteiger partial charge in [0.25, 0.3) is 0 Å². The van der Waals surface area contributed by atoms with Crippen LogP contribution in [-0.4, -0.2) is 24.2 Å². The summed E-state index contributed by atoms with van der Waals surface area (Å²) < 4.78 is 5.22. The van der Waals surface area contributed by atoms with Crippen LogP contribution in [0.2, 0.25) is 0 Å². The van der Waals surface area contributed by atoms with E-state index in [-0.39, 0.29) is 5.84 Å². The number of benzene rings is 1. The van der Waals surface area contributed by atoms with E-state index in [2.05, 4.69) is 17.4 Å². The van der Waals surface area contributed by atoms with Crippen LogP contribution in [0.25, 0.3) is 0 Å². The monoisotopic (exact) mass is 277 g/mol. The van der Waals surface area contributed by atoms with Crippen LogP contribution in [0, 0.1) is 5.92 Å². The molecule has 2 atom stereocenters. The molecule has 1 aromatic rings. The van der Waals surface area contributed by atoms with Crippen LogP contribution in [0.4, 0.5) is 0 Å². The summed E-state index contributed by atoms with van der Waals surface area (Å²) in [6, 6.07) is 6.39. The molecule has 0 spiro atoms. The third-order valence-electron chi connectivity index (χ3n) is 3.80. The van der Waals surface area contributed by atoms with Gasteiger partial charge in [-0.05, 0) is 36.5 Å². The lowest BCUT2D eigenvalue weighted by molar-refractivity contribution is 0.318. The number of nitrogens with one attached hydrogen (secondary N) is 1. The first-order chi connectivity index (χ1) is 9.69. The molecule has 1 saturated carbocycles. The van der Waals surface area contributed by atoms with E-state index in [1.165, 1.54) is 19.3 Å². The van der Waals surface area contributed by atoms with Gasteiger partial charge in [-0.1, -0.05) is 24.6 Å². The van der Waals surface area contributed by atoms with Crippen molar-refractivity contribution < 1.29 is 9.94 Å². The highest BCUT2D eigenvalue weighted by atomic mass is 16.5.